The van der Waals surface area contributed by atoms with Crippen molar-refractivity contribution in [2.75, 3.05) is 0 Å². The van der Waals surface area contributed by atoms with Gasteiger partial charge in [-0.15, -0.1) is 0 Å². The van der Waals surface area contributed by atoms with E-state index in [4.69, 9.17) is 4.98 Å². The molecule has 0 fully saturated rings. The zero-order chi connectivity index (χ0) is 22.7. The Morgan fingerprint density at radius 2 is 0.912 bits per heavy atom. The summed E-state index contributed by atoms with van der Waals surface area (Å²) in [7, 11) is 0. The maximum atomic E-state index is 5.11. The molecule has 0 saturated heterocycles. The molecule has 0 N–H and O–H groups in total. The molecule has 3 heteroatoms. The molecule has 0 aliphatic carbocycles. The molecular formula is C31H21N3. The summed E-state index contributed by atoms with van der Waals surface area (Å²) in [6.45, 7) is 0. The van der Waals surface area contributed by atoms with E-state index >= 15 is 0 Å². The number of nitrogens with zero attached hydrogens (tertiary/aromatic N) is 3. The number of rotatable bonds is 4. The molecule has 160 valence electrons. The second-order valence-electron chi connectivity index (χ2n) is 8.16. The minimum Gasteiger partial charge on any atom is -0.256 e. The molecule has 0 bridgehead atoms. The van der Waals surface area contributed by atoms with Crippen molar-refractivity contribution in [2.45, 2.75) is 0 Å². The molecule has 34 heavy (non-hydrogen) atoms. The van der Waals surface area contributed by atoms with E-state index in [1.54, 1.807) is 0 Å². The van der Waals surface area contributed by atoms with Crippen LogP contribution in [0.5, 0.6) is 0 Å². The summed E-state index contributed by atoms with van der Waals surface area (Å²) in [5.74, 6) is 0. The normalized spacial score (nSPS) is 10.9. The second-order valence-corrected chi connectivity index (χ2v) is 8.16. The minimum atomic E-state index is 0.954. The van der Waals surface area contributed by atoms with E-state index in [-0.39, 0.29) is 0 Å². The van der Waals surface area contributed by atoms with Gasteiger partial charge in [0.2, 0.25) is 0 Å². The Bertz CT molecular complexity index is 1560. The lowest BCUT2D eigenvalue weighted by atomic mass is 9.99. The summed E-state index contributed by atoms with van der Waals surface area (Å²) < 4.78 is 0. The van der Waals surface area contributed by atoms with Crippen LogP contribution in [-0.4, -0.2) is 15.0 Å². The SMILES string of the molecule is c1ccc(-c2ccc(-c3cc4ccccc4c(-c4ccc(-c5ccccn5)cc4)n3)cc2)nc1. The predicted octanol–water partition coefficient (Wildman–Crippen LogP) is 7.69. The lowest BCUT2D eigenvalue weighted by molar-refractivity contribution is 1.32. The van der Waals surface area contributed by atoms with Crippen LogP contribution in [-0.2, 0) is 0 Å². The van der Waals surface area contributed by atoms with E-state index in [1.807, 2.05) is 48.8 Å². The zero-order valence-corrected chi connectivity index (χ0v) is 18.5. The maximum Gasteiger partial charge on any atom is 0.0787 e. The molecular weight excluding hydrogens is 414 g/mol. The lowest BCUT2D eigenvalue weighted by Crippen LogP contribution is -1.92. The Morgan fingerprint density at radius 3 is 1.47 bits per heavy atom. The molecule has 3 aromatic carbocycles. The number of fused-ring (bicyclic) bond motifs is 1. The number of pyridine rings is 3. The molecule has 0 spiro atoms. The van der Waals surface area contributed by atoms with Gasteiger partial charge in [-0.1, -0.05) is 84.9 Å². The largest absolute Gasteiger partial charge is 0.256 e. The Hall–Kier alpha value is -4.63. The minimum absolute atomic E-state index is 0.954. The van der Waals surface area contributed by atoms with Gasteiger partial charge in [0.25, 0.3) is 0 Å². The van der Waals surface area contributed by atoms with Crippen molar-refractivity contribution in [2.24, 2.45) is 0 Å². The fourth-order valence-corrected chi connectivity index (χ4v) is 4.24. The quantitative estimate of drug-likeness (QED) is 0.285. The molecule has 3 heterocycles. The molecule has 3 aromatic heterocycles. The Morgan fingerprint density at radius 1 is 0.412 bits per heavy atom. The molecule has 0 atom stereocenters. The van der Waals surface area contributed by atoms with Crippen LogP contribution in [0.2, 0.25) is 0 Å². The summed E-state index contributed by atoms with van der Waals surface area (Å²) in [5, 5.41) is 2.31. The van der Waals surface area contributed by atoms with Crippen LogP contribution < -0.4 is 0 Å². The van der Waals surface area contributed by atoms with Crippen LogP contribution in [0.15, 0.2) is 128 Å². The summed E-state index contributed by atoms with van der Waals surface area (Å²) in [5.41, 5.74) is 8.22. The lowest BCUT2D eigenvalue weighted by Gasteiger charge is -2.11. The van der Waals surface area contributed by atoms with Crippen LogP contribution >= 0.6 is 0 Å². The van der Waals surface area contributed by atoms with Gasteiger partial charge in [0, 0.05) is 40.0 Å². The third-order valence-corrected chi connectivity index (χ3v) is 6.00. The van der Waals surface area contributed by atoms with E-state index in [2.05, 4.69) is 88.8 Å². The first-order valence-electron chi connectivity index (χ1n) is 11.3. The van der Waals surface area contributed by atoms with Gasteiger partial charge < -0.3 is 0 Å². The van der Waals surface area contributed by atoms with Crippen LogP contribution in [0.4, 0.5) is 0 Å². The fraction of sp³-hybridized carbons (Fsp3) is 0. The third-order valence-electron chi connectivity index (χ3n) is 6.00. The molecule has 0 aliphatic rings. The average molecular weight is 436 g/mol. The molecule has 0 radical (unpaired) electrons. The Kier molecular flexibility index (Phi) is 5.13. The number of hydrogen-bond donors (Lipinski definition) is 0. The standard InChI is InChI=1S/C31H21N3/c1-2-8-27-26(7-1)21-30(24-13-11-22(12-14-24)28-9-3-5-19-32-28)34-31(27)25-17-15-23(16-18-25)29-10-4-6-20-33-29/h1-21H. The summed E-state index contributed by atoms with van der Waals surface area (Å²) in [4.78, 5) is 14.0. The van der Waals surface area contributed by atoms with Crippen molar-refractivity contribution in [3.8, 4) is 45.0 Å². The van der Waals surface area contributed by atoms with Gasteiger partial charge in [0.15, 0.2) is 0 Å². The number of aromatic nitrogens is 3. The van der Waals surface area contributed by atoms with E-state index in [1.165, 1.54) is 5.39 Å². The summed E-state index contributed by atoms with van der Waals surface area (Å²) >= 11 is 0. The van der Waals surface area contributed by atoms with Crippen LogP contribution in [0.3, 0.4) is 0 Å². The van der Waals surface area contributed by atoms with Crippen LogP contribution in [0.1, 0.15) is 0 Å². The molecule has 0 amide bonds. The van der Waals surface area contributed by atoms with E-state index in [9.17, 15) is 0 Å². The molecule has 0 saturated carbocycles. The molecule has 6 rings (SSSR count). The van der Waals surface area contributed by atoms with Crippen molar-refractivity contribution in [3.63, 3.8) is 0 Å². The summed E-state index contributed by atoms with van der Waals surface area (Å²) in [6.07, 6.45) is 3.64. The van der Waals surface area contributed by atoms with Crippen molar-refractivity contribution in [1.82, 2.24) is 15.0 Å². The molecule has 3 nitrogen and oxygen atoms in total. The van der Waals surface area contributed by atoms with Crippen molar-refractivity contribution in [3.05, 3.63) is 128 Å². The molecule has 0 unspecified atom stereocenters. The fourth-order valence-electron chi connectivity index (χ4n) is 4.24. The maximum absolute atomic E-state index is 5.11. The average Bonchev–Trinajstić information content (AvgIpc) is 2.94. The highest BCUT2D eigenvalue weighted by atomic mass is 14.7. The summed E-state index contributed by atoms with van der Waals surface area (Å²) in [6, 6.07) is 39.5. The van der Waals surface area contributed by atoms with E-state index in [0.717, 1.165) is 50.4 Å². The van der Waals surface area contributed by atoms with Gasteiger partial charge in [-0.3, -0.25) is 9.97 Å². The van der Waals surface area contributed by atoms with Gasteiger partial charge in [0.05, 0.1) is 22.8 Å². The van der Waals surface area contributed by atoms with Crippen LogP contribution in [0, 0.1) is 0 Å². The zero-order valence-electron chi connectivity index (χ0n) is 18.5. The Labute approximate surface area is 198 Å². The number of hydrogen-bond acceptors (Lipinski definition) is 3. The van der Waals surface area contributed by atoms with Crippen molar-refractivity contribution in [1.29, 1.82) is 0 Å². The van der Waals surface area contributed by atoms with Gasteiger partial charge in [-0.2, -0.15) is 0 Å². The topological polar surface area (TPSA) is 38.7 Å². The van der Waals surface area contributed by atoms with Crippen molar-refractivity contribution >= 4 is 10.8 Å². The smallest absolute Gasteiger partial charge is 0.0787 e. The monoisotopic (exact) mass is 435 g/mol. The first-order chi connectivity index (χ1) is 16.8. The Balaban J connectivity index is 1.42. The predicted molar refractivity (Wildman–Crippen MR) is 139 cm³/mol. The highest BCUT2D eigenvalue weighted by Crippen LogP contribution is 2.32. The van der Waals surface area contributed by atoms with Crippen LogP contribution in [0.25, 0.3) is 55.8 Å². The van der Waals surface area contributed by atoms with Gasteiger partial charge >= 0.3 is 0 Å². The van der Waals surface area contributed by atoms with Gasteiger partial charge in [-0.25, -0.2) is 4.98 Å². The third kappa shape index (κ3) is 3.84. The highest BCUT2D eigenvalue weighted by molar-refractivity contribution is 5.97. The molecule has 6 aromatic rings. The van der Waals surface area contributed by atoms with E-state index in [0.29, 0.717) is 0 Å². The first-order valence-corrected chi connectivity index (χ1v) is 11.3. The number of benzene rings is 3. The van der Waals surface area contributed by atoms with E-state index < -0.39 is 0 Å². The first kappa shape index (κ1) is 20.0. The van der Waals surface area contributed by atoms with Gasteiger partial charge in [0.1, 0.15) is 0 Å². The highest BCUT2D eigenvalue weighted by Gasteiger charge is 2.11. The second kappa shape index (κ2) is 8.72. The van der Waals surface area contributed by atoms with Gasteiger partial charge in [-0.05, 0) is 35.7 Å². The van der Waals surface area contributed by atoms with Crippen molar-refractivity contribution < 1.29 is 0 Å². The molecule has 0 aliphatic heterocycles.